The molecule has 0 aromatic heterocycles. The van der Waals surface area contributed by atoms with E-state index in [-0.39, 0.29) is 0 Å². The minimum atomic E-state index is -0.466. The van der Waals surface area contributed by atoms with Gasteiger partial charge in [0.15, 0.2) is 0 Å². The number of rotatable bonds is 2. The molecular formula is C16H12N2O2. The van der Waals surface area contributed by atoms with Crippen LogP contribution in [-0.2, 0) is 0 Å². The quantitative estimate of drug-likeness (QED) is 0.801. The van der Waals surface area contributed by atoms with Crippen LogP contribution in [0.5, 0.6) is 0 Å². The van der Waals surface area contributed by atoms with E-state index in [1.165, 1.54) is 0 Å². The van der Waals surface area contributed by atoms with E-state index in [1.54, 1.807) is 48.5 Å². The van der Waals surface area contributed by atoms with E-state index in [1.807, 2.05) is 0 Å². The molecular weight excluding hydrogens is 252 g/mol. The highest BCUT2D eigenvalue weighted by Gasteiger charge is 1.99. The van der Waals surface area contributed by atoms with Gasteiger partial charge in [-0.3, -0.25) is 9.59 Å². The van der Waals surface area contributed by atoms with E-state index in [0.717, 1.165) is 11.1 Å². The van der Waals surface area contributed by atoms with Crippen molar-refractivity contribution in [3.05, 3.63) is 70.8 Å². The lowest BCUT2D eigenvalue weighted by Gasteiger charge is -1.96. The van der Waals surface area contributed by atoms with E-state index in [4.69, 9.17) is 11.5 Å². The number of hydrogen-bond acceptors (Lipinski definition) is 2. The predicted octanol–water partition coefficient (Wildman–Crippen LogP) is 1.28. The van der Waals surface area contributed by atoms with Crippen molar-refractivity contribution < 1.29 is 9.59 Å². The van der Waals surface area contributed by atoms with Crippen LogP contribution in [0.2, 0.25) is 0 Å². The summed E-state index contributed by atoms with van der Waals surface area (Å²) >= 11 is 0. The zero-order chi connectivity index (χ0) is 14.5. The molecule has 2 aromatic rings. The number of primary amides is 2. The first-order valence-electron chi connectivity index (χ1n) is 5.88. The monoisotopic (exact) mass is 264 g/mol. The van der Waals surface area contributed by atoms with Crippen LogP contribution < -0.4 is 11.5 Å². The van der Waals surface area contributed by atoms with E-state index in [9.17, 15) is 9.59 Å². The summed E-state index contributed by atoms with van der Waals surface area (Å²) in [5.41, 5.74) is 12.7. The number of carbonyl (C=O) groups excluding carboxylic acids is 2. The van der Waals surface area contributed by atoms with Gasteiger partial charge in [0, 0.05) is 22.3 Å². The molecule has 4 nitrogen and oxygen atoms in total. The van der Waals surface area contributed by atoms with Crippen molar-refractivity contribution in [2.24, 2.45) is 11.5 Å². The second kappa shape index (κ2) is 5.72. The Bertz CT molecular complexity index is 643. The summed E-state index contributed by atoms with van der Waals surface area (Å²) in [4.78, 5) is 21.9. The summed E-state index contributed by atoms with van der Waals surface area (Å²) < 4.78 is 0. The van der Waals surface area contributed by atoms with Crippen molar-refractivity contribution in [1.82, 2.24) is 0 Å². The topological polar surface area (TPSA) is 86.2 Å². The van der Waals surface area contributed by atoms with Gasteiger partial charge < -0.3 is 11.5 Å². The van der Waals surface area contributed by atoms with E-state index in [2.05, 4.69) is 11.8 Å². The number of benzene rings is 2. The maximum atomic E-state index is 10.9. The van der Waals surface area contributed by atoms with Gasteiger partial charge in [-0.1, -0.05) is 11.8 Å². The van der Waals surface area contributed by atoms with Gasteiger partial charge in [-0.2, -0.15) is 0 Å². The first kappa shape index (κ1) is 13.4. The largest absolute Gasteiger partial charge is 0.366 e. The molecule has 4 heteroatoms. The molecule has 0 spiro atoms. The molecule has 0 aliphatic rings. The van der Waals surface area contributed by atoms with E-state index in [0.29, 0.717) is 11.1 Å². The molecule has 2 rings (SSSR count). The van der Waals surface area contributed by atoms with Crippen LogP contribution in [0.1, 0.15) is 31.8 Å². The van der Waals surface area contributed by atoms with Crippen LogP contribution in [0.25, 0.3) is 0 Å². The molecule has 0 heterocycles. The van der Waals surface area contributed by atoms with Gasteiger partial charge in [0.25, 0.3) is 0 Å². The summed E-state index contributed by atoms with van der Waals surface area (Å²) in [5.74, 6) is 4.98. The Kier molecular flexibility index (Phi) is 3.82. The van der Waals surface area contributed by atoms with Gasteiger partial charge in [-0.25, -0.2) is 0 Å². The van der Waals surface area contributed by atoms with Crippen molar-refractivity contribution in [2.45, 2.75) is 0 Å². The van der Waals surface area contributed by atoms with Gasteiger partial charge in [0.05, 0.1) is 0 Å². The van der Waals surface area contributed by atoms with Gasteiger partial charge in [-0.15, -0.1) is 0 Å². The van der Waals surface area contributed by atoms with Crippen molar-refractivity contribution >= 4 is 11.8 Å². The highest BCUT2D eigenvalue weighted by molar-refractivity contribution is 5.93. The Morgan fingerprint density at radius 2 is 0.950 bits per heavy atom. The molecule has 0 aliphatic carbocycles. The van der Waals surface area contributed by atoms with E-state index < -0.39 is 11.8 Å². The Labute approximate surface area is 116 Å². The lowest BCUT2D eigenvalue weighted by Crippen LogP contribution is -2.10. The Morgan fingerprint density at radius 1 is 0.650 bits per heavy atom. The van der Waals surface area contributed by atoms with Crippen LogP contribution in [0.4, 0.5) is 0 Å². The molecule has 2 aromatic carbocycles. The minimum absolute atomic E-state index is 0.446. The molecule has 2 amide bonds. The number of carbonyl (C=O) groups is 2. The first-order chi connectivity index (χ1) is 9.56. The van der Waals surface area contributed by atoms with Gasteiger partial charge in [-0.05, 0) is 48.5 Å². The third kappa shape index (κ3) is 3.24. The molecule has 0 bridgehead atoms. The van der Waals surface area contributed by atoms with Crippen LogP contribution in [0, 0.1) is 11.8 Å². The lowest BCUT2D eigenvalue weighted by molar-refractivity contribution is 0.0992. The summed E-state index contributed by atoms with van der Waals surface area (Å²) in [6.45, 7) is 0. The number of amides is 2. The van der Waals surface area contributed by atoms with Gasteiger partial charge >= 0.3 is 0 Å². The average molecular weight is 264 g/mol. The second-order valence-electron chi connectivity index (χ2n) is 4.13. The minimum Gasteiger partial charge on any atom is -0.366 e. The fourth-order valence-corrected chi connectivity index (χ4v) is 1.58. The molecule has 0 atom stereocenters. The molecule has 98 valence electrons. The maximum Gasteiger partial charge on any atom is 0.248 e. The highest BCUT2D eigenvalue weighted by atomic mass is 16.1. The van der Waals surface area contributed by atoms with Crippen molar-refractivity contribution in [3.8, 4) is 11.8 Å². The highest BCUT2D eigenvalue weighted by Crippen LogP contribution is 2.05. The third-order valence-electron chi connectivity index (χ3n) is 2.69. The first-order valence-corrected chi connectivity index (χ1v) is 5.88. The lowest BCUT2D eigenvalue weighted by atomic mass is 10.1. The fraction of sp³-hybridized carbons (Fsp3) is 0. The molecule has 0 unspecified atom stereocenters. The SMILES string of the molecule is NC(=O)c1ccc(C#Cc2ccc(C(N)=O)cc2)cc1. The van der Waals surface area contributed by atoms with Crippen molar-refractivity contribution in [3.63, 3.8) is 0 Å². The zero-order valence-corrected chi connectivity index (χ0v) is 10.6. The normalized spacial score (nSPS) is 9.40. The van der Waals surface area contributed by atoms with Gasteiger partial charge in [0.2, 0.25) is 11.8 Å². The fourth-order valence-electron chi connectivity index (χ4n) is 1.58. The summed E-state index contributed by atoms with van der Waals surface area (Å²) in [6.07, 6.45) is 0. The molecule has 0 aliphatic heterocycles. The molecule has 0 saturated carbocycles. The van der Waals surface area contributed by atoms with Crippen molar-refractivity contribution in [2.75, 3.05) is 0 Å². The van der Waals surface area contributed by atoms with Crippen LogP contribution in [0.3, 0.4) is 0 Å². The number of hydrogen-bond donors (Lipinski definition) is 2. The summed E-state index contributed by atoms with van der Waals surface area (Å²) in [6, 6.07) is 13.4. The molecule has 0 fully saturated rings. The predicted molar refractivity (Wildman–Crippen MR) is 75.9 cm³/mol. The standard InChI is InChI=1S/C16H12N2O2/c17-15(19)13-7-3-11(4-8-13)1-2-12-5-9-14(10-6-12)16(18)20/h3-10H,(H2,17,19)(H2,18,20). The van der Waals surface area contributed by atoms with E-state index >= 15 is 0 Å². The summed E-state index contributed by atoms with van der Waals surface area (Å²) in [7, 11) is 0. The summed E-state index contributed by atoms with van der Waals surface area (Å²) in [5, 5.41) is 0. The average Bonchev–Trinajstić information content (AvgIpc) is 2.46. The van der Waals surface area contributed by atoms with Crippen LogP contribution in [-0.4, -0.2) is 11.8 Å². The third-order valence-corrected chi connectivity index (χ3v) is 2.69. The molecule has 20 heavy (non-hydrogen) atoms. The zero-order valence-electron chi connectivity index (χ0n) is 10.6. The second-order valence-corrected chi connectivity index (χ2v) is 4.13. The molecule has 4 N–H and O–H groups in total. The number of nitrogens with two attached hydrogens (primary N) is 2. The van der Waals surface area contributed by atoms with Crippen LogP contribution in [0.15, 0.2) is 48.5 Å². The van der Waals surface area contributed by atoms with Crippen LogP contribution >= 0.6 is 0 Å². The molecule has 0 saturated heterocycles. The Morgan fingerprint density at radius 3 is 1.20 bits per heavy atom. The van der Waals surface area contributed by atoms with Gasteiger partial charge in [0.1, 0.15) is 0 Å². The molecule has 0 radical (unpaired) electrons. The smallest absolute Gasteiger partial charge is 0.248 e. The Hall–Kier alpha value is -3.06. The maximum absolute atomic E-state index is 10.9. The van der Waals surface area contributed by atoms with Crippen molar-refractivity contribution in [1.29, 1.82) is 0 Å². The Balaban J connectivity index is 2.17.